The van der Waals surface area contributed by atoms with Crippen LogP contribution in [0.5, 0.6) is 0 Å². The Labute approximate surface area is 189 Å². The Morgan fingerprint density at radius 3 is 2.28 bits per heavy atom. The monoisotopic (exact) mass is 456 g/mol. The van der Waals surface area contributed by atoms with Crippen LogP contribution in [-0.4, -0.2) is 76.0 Å². The SMILES string of the molecule is O=C1C(=O)c2ccccc2C2=C1SCC1(CCN(C(=O)C3CCN(C(=O)O)CC3)CC1)O2. The van der Waals surface area contributed by atoms with Crippen molar-refractivity contribution in [2.45, 2.75) is 31.3 Å². The molecule has 32 heavy (non-hydrogen) atoms. The third-order valence-corrected chi connectivity index (χ3v) is 8.26. The number of benzene rings is 1. The highest BCUT2D eigenvalue weighted by Crippen LogP contribution is 2.47. The highest BCUT2D eigenvalue weighted by Gasteiger charge is 2.46. The van der Waals surface area contributed by atoms with Gasteiger partial charge in [-0.05, 0) is 12.8 Å². The number of Topliss-reactive ketones (excluding diaryl/α,β-unsaturated/α-hetero) is 2. The molecule has 1 N–H and O–H groups in total. The van der Waals surface area contributed by atoms with E-state index >= 15 is 0 Å². The van der Waals surface area contributed by atoms with E-state index in [2.05, 4.69) is 0 Å². The maximum atomic E-state index is 13.0. The van der Waals surface area contributed by atoms with Crippen molar-refractivity contribution in [2.75, 3.05) is 31.9 Å². The number of ether oxygens (including phenoxy) is 1. The van der Waals surface area contributed by atoms with E-state index < -0.39 is 23.3 Å². The molecule has 0 unspecified atom stereocenters. The predicted octanol–water partition coefficient (Wildman–Crippen LogP) is 2.64. The second-order valence-corrected chi connectivity index (χ2v) is 9.79. The third-order valence-electron chi connectivity index (χ3n) is 6.93. The van der Waals surface area contributed by atoms with Crippen LogP contribution in [0.3, 0.4) is 0 Å². The minimum absolute atomic E-state index is 0.0945. The number of hydrogen-bond donors (Lipinski definition) is 1. The average Bonchev–Trinajstić information content (AvgIpc) is 2.82. The van der Waals surface area contributed by atoms with Crippen molar-refractivity contribution in [3.63, 3.8) is 0 Å². The number of amides is 2. The lowest BCUT2D eigenvalue weighted by atomic mass is 9.88. The van der Waals surface area contributed by atoms with Crippen molar-refractivity contribution < 1.29 is 29.0 Å². The van der Waals surface area contributed by atoms with E-state index in [9.17, 15) is 19.2 Å². The molecule has 4 aliphatic rings. The van der Waals surface area contributed by atoms with Crippen LogP contribution in [0.1, 0.15) is 41.6 Å². The maximum absolute atomic E-state index is 13.0. The van der Waals surface area contributed by atoms with Crippen molar-refractivity contribution >= 4 is 41.1 Å². The Morgan fingerprint density at radius 2 is 1.62 bits per heavy atom. The Balaban J connectivity index is 1.26. The van der Waals surface area contributed by atoms with E-state index in [1.165, 1.54) is 16.7 Å². The minimum atomic E-state index is -0.930. The van der Waals surface area contributed by atoms with Crippen molar-refractivity contribution in [3.05, 3.63) is 40.3 Å². The highest BCUT2D eigenvalue weighted by molar-refractivity contribution is 8.04. The van der Waals surface area contributed by atoms with E-state index in [0.29, 0.717) is 79.4 Å². The molecule has 9 heteroatoms. The van der Waals surface area contributed by atoms with Crippen LogP contribution < -0.4 is 0 Å². The van der Waals surface area contributed by atoms with E-state index in [0.717, 1.165) is 0 Å². The Bertz CT molecular complexity index is 1030. The number of allylic oxidation sites excluding steroid dienone is 1. The third kappa shape index (κ3) is 3.48. The summed E-state index contributed by atoms with van der Waals surface area (Å²) in [4.78, 5) is 52.7. The minimum Gasteiger partial charge on any atom is -0.484 e. The topological polar surface area (TPSA) is 104 Å². The van der Waals surface area contributed by atoms with Crippen LogP contribution in [-0.2, 0) is 14.3 Å². The molecular weight excluding hydrogens is 432 g/mol. The summed E-state index contributed by atoms with van der Waals surface area (Å²) in [5.41, 5.74) is 0.581. The molecule has 3 heterocycles. The van der Waals surface area contributed by atoms with Gasteiger partial charge in [0, 0.05) is 61.8 Å². The molecule has 3 aliphatic heterocycles. The van der Waals surface area contributed by atoms with E-state index in [4.69, 9.17) is 9.84 Å². The van der Waals surface area contributed by atoms with Gasteiger partial charge in [0.1, 0.15) is 16.3 Å². The first-order chi connectivity index (χ1) is 15.4. The van der Waals surface area contributed by atoms with Crippen LogP contribution in [0.4, 0.5) is 4.79 Å². The van der Waals surface area contributed by atoms with Crippen molar-refractivity contribution in [1.82, 2.24) is 9.80 Å². The van der Waals surface area contributed by atoms with Gasteiger partial charge in [0.05, 0.1) is 0 Å². The van der Waals surface area contributed by atoms with Gasteiger partial charge in [0.2, 0.25) is 17.5 Å². The fourth-order valence-corrected chi connectivity index (χ4v) is 6.23. The number of carbonyl (C=O) groups excluding carboxylic acids is 3. The molecule has 2 amide bonds. The zero-order valence-electron chi connectivity index (χ0n) is 17.5. The fraction of sp³-hybridized carbons (Fsp3) is 0.478. The molecule has 8 nitrogen and oxygen atoms in total. The molecule has 0 saturated carbocycles. The Kier molecular flexibility index (Phi) is 5.23. The molecule has 0 atom stereocenters. The number of thioether (sulfide) groups is 1. The number of likely N-dealkylation sites (tertiary alicyclic amines) is 2. The number of hydrogen-bond acceptors (Lipinski definition) is 6. The molecule has 1 aromatic rings. The summed E-state index contributed by atoms with van der Waals surface area (Å²) in [5.74, 6) is 0.0508. The van der Waals surface area contributed by atoms with Crippen LogP contribution >= 0.6 is 11.8 Å². The van der Waals surface area contributed by atoms with Gasteiger partial charge >= 0.3 is 6.09 Å². The van der Waals surface area contributed by atoms with E-state index in [1.807, 2.05) is 17.0 Å². The summed E-state index contributed by atoms with van der Waals surface area (Å²) in [6, 6.07) is 7.05. The lowest BCUT2D eigenvalue weighted by Gasteiger charge is -2.46. The summed E-state index contributed by atoms with van der Waals surface area (Å²) in [6.45, 7) is 1.92. The normalized spacial score (nSPS) is 23.0. The number of ketones is 2. The lowest BCUT2D eigenvalue weighted by molar-refractivity contribution is -0.140. The first-order valence-corrected chi connectivity index (χ1v) is 11.9. The summed E-state index contributed by atoms with van der Waals surface area (Å²) >= 11 is 1.39. The first kappa shape index (κ1) is 21.1. The Hall–Kier alpha value is -2.81. The van der Waals surface area contributed by atoms with Gasteiger partial charge < -0.3 is 19.6 Å². The zero-order valence-corrected chi connectivity index (χ0v) is 18.4. The molecule has 5 rings (SSSR count). The van der Waals surface area contributed by atoms with Gasteiger partial charge in [-0.2, -0.15) is 0 Å². The largest absolute Gasteiger partial charge is 0.484 e. The number of rotatable bonds is 1. The predicted molar refractivity (Wildman–Crippen MR) is 117 cm³/mol. The first-order valence-electron chi connectivity index (χ1n) is 10.9. The zero-order chi connectivity index (χ0) is 22.5. The second-order valence-electron chi connectivity index (χ2n) is 8.81. The number of nitrogens with zero attached hydrogens (tertiary/aromatic N) is 2. The lowest BCUT2D eigenvalue weighted by Crippen LogP contribution is -2.53. The van der Waals surface area contributed by atoms with Crippen LogP contribution in [0, 0.1) is 5.92 Å². The quantitative estimate of drug-likeness (QED) is 0.648. The van der Waals surface area contributed by atoms with Gasteiger partial charge in [0.25, 0.3) is 0 Å². The van der Waals surface area contributed by atoms with Gasteiger partial charge in [-0.25, -0.2) is 4.79 Å². The fourth-order valence-electron chi connectivity index (χ4n) is 4.97. The molecular formula is C23H24N2O6S. The molecule has 0 aromatic heterocycles. The summed E-state index contributed by atoms with van der Waals surface area (Å²) in [5, 5.41) is 9.10. The summed E-state index contributed by atoms with van der Waals surface area (Å²) in [7, 11) is 0. The molecule has 1 aliphatic carbocycles. The van der Waals surface area contributed by atoms with E-state index in [1.54, 1.807) is 12.1 Å². The average molecular weight is 457 g/mol. The molecule has 168 valence electrons. The smallest absolute Gasteiger partial charge is 0.407 e. The second kappa shape index (κ2) is 7.95. The summed E-state index contributed by atoms with van der Waals surface area (Å²) in [6.07, 6.45) is 1.49. The van der Waals surface area contributed by atoms with Gasteiger partial charge in [-0.3, -0.25) is 14.4 Å². The van der Waals surface area contributed by atoms with Crippen molar-refractivity contribution in [1.29, 1.82) is 0 Å². The van der Waals surface area contributed by atoms with Gasteiger partial charge in [0.15, 0.2) is 0 Å². The van der Waals surface area contributed by atoms with E-state index in [-0.39, 0.29) is 11.8 Å². The number of carbonyl (C=O) groups is 4. The summed E-state index contributed by atoms with van der Waals surface area (Å²) < 4.78 is 6.45. The molecule has 2 saturated heterocycles. The Morgan fingerprint density at radius 1 is 0.969 bits per heavy atom. The highest BCUT2D eigenvalue weighted by atomic mass is 32.2. The number of fused-ring (bicyclic) bond motifs is 2. The molecule has 0 radical (unpaired) electrons. The van der Waals surface area contributed by atoms with Crippen molar-refractivity contribution in [3.8, 4) is 0 Å². The number of piperidine rings is 2. The molecule has 2 fully saturated rings. The van der Waals surface area contributed by atoms with Gasteiger partial charge in [-0.15, -0.1) is 11.8 Å². The van der Waals surface area contributed by atoms with Crippen LogP contribution in [0.2, 0.25) is 0 Å². The number of carboxylic acid groups (broad SMARTS) is 1. The van der Waals surface area contributed by atoms with Crippen LogP contribution in [0.15, 0.2) is 29.2 Å². The molecule has 0 bridgehead atoms. The molecule has 1 aromatic carbocycles. The maximum Gasteiger partial charge on any atom is 0.407 e. The molecule has 1 spiro atoms. The van der Waals surface area contributed by atoms with Crippen molar-refractivity contribution in [2.24, 2.45) is 5.92 Å². The van der Waals surface area contributed by atoms with Crippen LogP contribution in [0.25, 0.3) is 5.76 Å². The standard InChI is InChI=1S/C23H24N2O6S/c26-17-15-3-1-2-4-16(15)19-20(18(17)27)32-13-23(31-19)7-11-24(12-8-23)21(28)14-5-9-25(10-6-14)22(29)30/h1-4,14H,5-13H2,(H,29,30). The van der Waals surface area contributed by atoms with Gasteiger partial charge in [-0.1, -0.05) is 24.3 Å².